The van der Waals surface area contributed by atoms with Crippen molar-refractivity contribution >= 4 is 68.4 Å². The first-order valence-electron chi connectivity index (χ1n) is 11.9. The summed E-state index contributed by atoms with van der Waals surface area (Å²) in [7, 11) is 0. The second kappa shape index (κ2) is 13.1. The van der Waals surface area contributed by atoms with Crippen LogP contribution < -0.4 is 10.6 Å². The lowest BCUT2D eigenvalue weighted by atomic mass is 10.0. The predicted octanol–water partition coefficient (Wildman–Crippen LogP) is 7.35. The molecule has 3 rings (SSSR count). The fourth-order valence-corrected chi connectivity index (χ4v) is 5.25. The molecule has 0 unspecified atom stereocenters. The summed E-state index contributed by atoms with van der Waals surface area (Å²) in [5.41, 5.74) is 2.26. The van der Waals surface area contributed by atoms with Gasteiger partial charge in [0.25, 0.3) is 5.91 Å². The van der Waals surface area contributed by atoms with Gasteiger partial charge < -0.3 is 15.2 Å². The van der Waals surface area contributed by atoms with Crippen molar-refractivity contribution in [3.8, 4) is 0 Å². The number of thioether (sulfide) groups is 1. The highest BCUT2D eigenvalue weighted by Gasteiger charge is 2.26. The highest BCUT2D eigenvalue weighted by atomic mass is 79.9. The van der Waals surface area contributed by atoms with Crippen molar-refractivity contribution in [2.24, 2.45) is 5.92 Å². The Labute approximate surface area is 240 Å². The van der Waals surface area contributed by atoms with E-state index in [0.717, 1.165) is 15.7 Å². The molecule has 198 valence electrons. The molecule has 0 aliphatic rings. The monoisotopic (exact) mass is 625 g/mol. The van der Waals surface area contributed by atoms with Gasteiger partial charge in [0.2, 0.25) is 5.91 Å². The van der Waals surface area contributed by atoms with Gasteiger partial charge >= 0.3 is 0 Å². The summed E-state index contributed by atoms with van der Waals surface area (Å²) in [6.07, 6.45) is 0. The zero-order chi connectivity index (χ0) is 27.3. The molecule has 0 fully saturated rings. The molecule has 0 saturated heterocycles. The summed E-state index contributed by atoms with van der Waals surface area (Å²) in [6, 6.07) is 10.2. The van der Waals surface area contributed by atoms with E-state index in [-0.39, 0.29) is 29.4 Å². The Bertz CT molecular complexity index is 1280. The molecule has 0 spiro atoms. The van der Waals surface area contributed by atoms with Crippen molar-refractivity contribution in [3.05, 3.63) is 67.9 Å². The van der Waals surface area contributed by atoms with E-state index in [1.165, 1.54) is 17.8 Å². The van der Waals surface area contributed by atoms with Crippen molar-refractivity contribution in [1.29, 1.82) is 0 Å². The summed E-state index contributed by atoms with van der Waals surface area (Å²) >= 11 is 16.9. The first-order valence-corrected chi connectivity index (χ1v) is 14.5. The van der Waals surface area contributed by atoms with Crippen molar-refractivity contribution in [2.75, 3.05) is 11.1 Å². The summed E-state index contributed by atoms with van der Waals surface area (Å²) < 4.78 is 2.90. The van der Waals surface area contributed by atoms with Gasteiger partial charge in [-0.05, 0) is 60.7 Å². The number of aromatic nitrogens is 3. The van der Waals surface area contributed by atoms with Crippen molar-refractivity contribution in [2.45, 2.75) is 58.3 Å². The Morgan fingerprint density at radius 3 is 2.41 bits per heavy atom. The number of halogens is 3. The topological polar surface area (TPSA) is 88.9 Å². The largest absolute Gasteiger partial charge is 0.342 e. The average Bonchev–Trinajstić information content (AvgIpc) is 3.25. The van der Waals surface area contributed by atoms with Crippen LogP contribution in [0.4, 0.5) is 5.69 Å². The first-order chi connectivity index (χ1) is 17.5. The molecule has 1 aromatic heterocycles. The van der Waals surface area contributed by atoms with Crippen molar-refractivity contribution in [3.63, 3.8) is 0 Å². The molecule has 0 bridgehead atoms. The minimum absolute atomic E-state index is 0.0363. The van der Waals surface area contributed by atoms with E-state index >= 15 is 0 Å². The number of anilines is 1. The normalized spacial score (nSPS) is 12.2. The molecule has 11 heteroatoms. The molecule has 0 aliphatic heterocycles. The maximum atomic E-state index is 13.0. The molecule has 2 N–H and O–H groups in total. The van der Waals surface area contributed by atoms with E-state index < -0.39 is 6.04 Å². The Morgan fingerprint density at radius 2 is 1.78 bits per heavy atom. The molecular formula is C26H30BrCl2N5O2S. The quantitative estimate of drug-likeness (QED) is 0.230. The van der Waals surface area contributed by atoms with Crippen LogP contribution in [0.1, 0.15) is 68.3 Å². The van der Waals surface area contributed by atoms with Gasteiger partial charge in [0.15, 0.2) is 11.0 Å². The van der Waals surface area contributed by atoms with Crippen LogP contribution in [0.15, 0.2) is 46.0 Å². The highest BCUT2D eigenvalue weighted by Crippen LogP contribution is 2.29. The summed E-state index contributed by atoms with van der Waals surface area (Å²) in [5.74, 6) is 0.686. The Hall–Kier alpha value is -2.07. The third kappa shape index (κ3) is 7.50. The van der Waals surface area contributed by atoms with Crippen LogP contribution in [-0.2, 0) is 11.3 Å². The maximum Gasteiger partial charge on any atom is 0.251 e. The molecule has 2 aromatic carbocycles. The predicted molar refractivity (Wildman–Crippen MR) is 155 cm³/mol. The molecule has 37 heavy (non-hydrogen) atoms. The molecule has 2 amide bonds. The number of hydrogen-bond acceptors (Lipinski definition) is 5. The summed E-state index contributed by atoms with van der Waals surface area (Å²) in [4.78, 5) is 25.7. The van der Waals surface area contributed by atoms with Gasteiger partial charge in [0.1, 0.15) is 0 Å². The van der Waals surface area contributed by atoms with Crippen LogP contribution in [0.5, 0.6) is 0 Å². The smallest absolute Gasteiger partial charge is 0.251 e. The number of carbonyl (C=O) groups is 2. The summed E-state index contributed by atoms with van der Waals surface area (Å²) in [5, 5.41) is 16.1. The van der Waals surface area contributed by atoms with Gasteiger partial charge in [-0.3, -0.25) is 9.59 Å². The minimum atomic E-state index is -0.394. The Kier molecular flexibility index (Phi) is 10.5. The van der Waals surface area contributed by atoms with E-state index in [0.29, 0.717) is 33.1 Å². The second-order valence-electron chi connectivity index (χ2n) is 9.13. The van der Waals surface area contributed by atoms with Gasteiger partial charge in [0, 0.05) is 22.3 Å². The zero-order valence-electron chi connectivity index (χ0n) is 21.3. The van der Waals surface area contributed by atoms with Gasteiger partial charge in [-0.2, -0.15) is 0 Å². The molecule has 1 atom stereocenters. The Balaban J connectivity index is 1.73. The lowest BCUT2D eigenvalue weighted by Gasteiger charge is -2.22. The summed E-state index contributed by atoms with van der Waals surface area (Å²) in [6.45, 7) is 10.7. The molecular weight excluding hydrogens is 597 g/mol. The van der Waals surface area contributed by atoms with Crippen LogP contribution in [0.3, 0.4) is 0 Å². The second-order valence-corrected chi connectivity index (χ2v) is 11.8. The van der Waals surface area contributed by atoms with Crippen LogP contribution in [0, 0.1) is 5.92 Å². The van der Waals surface area contributed by atoms with Gasteiger partial charge in [-0.15, -0.1) is 10.2 Å². The highest BCUT2D eigenvalue weighted by molar-refractivity contribution is 9.10. The third-order valence-corrected chi connectivity index (χ3v) is 7.92. The number of benzene rings is 2. The van der Waals surface area contributed by atoms with E-state index in [4.69, 9.17) is 23.2 Å². The molecule has 3 aromatic rings. The minimum Gasteiger partial charge on any atom is -0.342 e. The fraction of sp³-hybridized carbons (Fsp3) is 0.385. The van der Waals surface area contributed by atoms with Crippen LogP contribution >= 0.6 is 50.9 Å². The molecule has 0 aliphatic carbocycles. The first kappa shape index (κ1) is 29.5. The molecule has 7 nitrogen and oxygen atoms in total. The Morgan fingerprint density at radius 1 is 1.05 bits per heavy atom. The van der Waals surface area contributed by atoms with Crippen LogP contribution in [0.25, 0.3) is 0 Å². The standard InChI is InChI=1S/C26H30BrCl2N5O2S/c1-6-34-24(23(15(4)5)31-25(36)16-7-9-19(28)20(29)11-16)32-33-26(34)37-13-22(35)30-21-10-8-17(27)12-18(21)14(2)3/h7-12,14-15,23H,6,13H2,1-5H3,(H,30,35)(H,31,36)/t23-/m1/s1. The van der Waals surface area contributed by atoms with Crippen LogP contribution in [0.2, 0.25) is 10.0 Å². The van der Waals surface area contributed by atoms with Gasteiger partial charge in [-0.25, -0.2) is 0 Å². The van der Waals surface area contributed by atoms with Gasteiger partial charge in [0.05, 0.1) is 21.8 Å². The zero-order valence-corrected chi connectivity index (χ0v) is 25.2. The fourth-order valence-electron chi connectivity index (χ4n) is 3.77. The van der Waals surface area contributed by atoms with Crippen LogP contribution in [-0.4, -0.2) is 32.3 Å². The van der Waals surface area contributed by atoms with Crippen molar-refractivity contribution < 1.29 is 9.59 Å². The number of amides is 2. The average molecular weight is 627 g/mol. The number of rotatable bonds is 10. The number of carbonyl (C=O) groups excluding carboxylic acids is 2. The SMILES string of the molecule is CCn1c(SCC(=O)Nc2ccc(Br)cc2C(C)C)nnc1[C@H](NC(=O)c1ccc(Cl)c(Cl)c1)C(C)C. The molecule has 1 heterocycles. The lowest BCUT2D eigenvalue weighted by Crippen LogP contribution is -2.33. The van der Waals surface area contributed by atoms with Gasteiger partial charge in [-0.1, -0.05) is 78.6 Å². The number of nitrogens with one attached hydrogen (secondary N) is 2. The van der Waals surface area contributed by atoms with E-state index in [2.05, 4.69) is 50.6 Å². The van der Waals surface area contributed by atoms with E-state index in [9.17, 15) is 9.59 Å². The third-order valence-electron chi connectivity index (χ3n) is 5.72. The maximum absolute atomic E-state index is 13.0. The van der Waals surface area contributed by atoms with Crippen molar-refractivity contribution in [1.82, 2.24) is 20.1 Å². The lowest BCUT2D eigenvalue weighted by molar-refractivity contribution is -0.113. The number of hydrogen-bond donors (Lipinski definition) is 2. The van der Waals surface area contributed by atoms with E-state index in [1.54, 1.807) is 12.1 Å². The number of nitrogens with zero attached hydrogens (tertiary/aromatic N) is 3. The molecule has 0 saturated carbocycles. The molecule has 0 radical (unpaired) electrons. The van der Waals surface area contributed by atoms with E-state index in [1.807, 2.05) is 43.5 Å².